The Morgan fingerprint density at radius 1 is 0.520 bits per heavy atom. The summed E-state index contributed by atoms with van der Waals surface area (Å²) in [6, 6.07) is 0. The number of hydrogen-bond acceptors (Lipinski definition) is 6. The predicted octanol–water partition coefficient (Wildman–Crippen LogP) is 2.97. The predicted molar refractivity (Wildman–Crippen MR) is 103 cm³/mol. The third-order valence-corrected chi connectivity index (χ3v) is 4.16. The highest BCUT2D eigenvalue weighted by Crippen LogP contribution is 2.01. The van der Waals surface area contributed by atoms with Crippen LogP contribution in [0.5, 0.6) is 0 Å². The molecule has 25 heavy (non-hydrogen) atoms. The van der Waals surface area contributed by atoms with Crippen molar-refractivity contribution in [1.82, 2.24) is 0 Å². The van der Waals surface area contributed by atoms with Crippen LogP contribution in [0.1, 0.15) is 20.3 Å². The second kappa shape index (κ2) is 17.4. The van der Waals surface area contributed by atoms with E-state index < -0.39 is 8.32 Å². The van der Waals surface area contributed by atoms with Crippen molar-refractivity contribution in [3.05, 3.63) is 0 Å². The summed E-state index contributed by atoms with van der Waals surface area (Å²) in [7, 11) is -1.42. The van der Waals surface area contributed by atoms with Gasteiger partial charge in [0, 0.05) is 6.61 Å². The van der Waals surface area contributed by atoms with Crippen LogP contribution in [0.15, 0.2) is 0 Å². The fourth-order valence-corrected chi connectivity index (χ4v) is 2.40. The number of hydrogen-bond donors (Lipinski definition) is 0. The highest BCUT2D eigenvalue weighted by Gasteiger charge is 2.12. The molecule has 0 aliphatic heterocycles. The summed E-state index contributed by atoms with van der Waals surface area (Å²) in [4.78, 5) is 0. The normalized spacial score (nSPS) is 12.2. The van der Waals surface area contributed by atoms with Gasteiger partial charge in [-0.1, -0.05) is 13.8 Å². The molecule has 0 N–H and O–H groups in total. The fourth-order valence-electron chi connectivity index (χ4n) is 1.71. The molecule has 0 saturated heterocycles. The summed E-state index contributed by atoms with van der Waals surface area (Å²) in [5, 5.41) is 0. The van der Waals surface area contributed by atoms with E-state index in [4.69, 9.17) is 28.1 Å². The zero-order valence-corrected chi connectivity index (χ0v) is 18.0. The molecule has 0 bridgehead atoms. The minimum Gasteiger partial charge on any atom is -0.415 e. The molecule has 0 spiro atoms. The Labute approximate surface area is 155 Å². The van der Waals surface area contributed by atoms with Crippen LogP contribution < -0.4 is 0 Å². The monoisotopic (exact) mass is 380 g/mol. The fraction of sp³-hybridized carbons (Fsp3) is 1.00. The average molecular weight is 381 g/mol. The molecule has 0 atom stereocenters. The van der Waals surface area contributed by atoms with Crippen LogP contribution in [0.3, 0.4) is 0 Å². The van der Waals surface area contributed by atoms with E-state index in [1.165, 1.54) is 0 Å². The molecule has 0 aromatic rings. The van der Waals surface area contributed by atoms with Crippen LogP contribution >= 0.6 is 0 Å². The maximum atomic E-state index is 5.69. The maximum Gasteiger partial charge on any atom is 0.183 e. The van der Waals surface area contributed by atoms with Crippen LogP contribution in [-0.4, -0.2) is 81.0 Å². The summed E-state index contributed by atoms with van der Waals surface area (Å²) in [6.45, 7) is 17.8. The Bertz CT molecular complexity index is 271. The zero-order chi connectivity index (χ0) is 18.8. The smallest absolute Gasteiger partial charge is 0.183 e. The van der Waals surface area contributed by atoms with E-state index in [0.29, 0.717) is 72.0 Å². The van der Waals surface area contributed by atoms with Gasteiger partial charge < -0.3 is 28.1 Å². The van der Waals surface area contributed by atoms with Gasteiger partial charge in [0.15, 0.2) is 8.32 Å². The van der Waals surface area contributed by atoms with Gasteiger partial charge in [0.1, 0.15) is 0 Å². The van der Waals surface area contributed by atoms with Gasteiger partial charge in [0.2, 0.25) is 0 Å². The summed E-state index contributed by atoms with van der Waals surface area (Å²) in [6.07, 6.45) is 1.10. The van der Waals surface area contributed by atoms with E-state index >= 15 is 0 Å². The van der Waals surface area contributed by atoms with Crippen LogP contribution in [0, 0.1) is 5.92 Å². The molecule has 0 fully saturated rings. The Morgan fingerprint density at radius 3 is 1.16 bits per heavy atom. The lowest BCUT2D eigenvalue weighted by atomic mass is 10.1. The van der Waals surface area contributed by atoms with Crippen molar-refractivity contribution in [3.63, 3.8) is 0 Å². The van der Waals surface area contributed by atoms with Crippen LogP contribution in [0.25, 0.3) is 0 Å². The molecule has 0 aliphatic carbocycles. The second-order valence-electron chi connectivity index (χ2n) is 7.21. The second-order valence-corrected chi connectivity index (χ2v) is 11.7. The van der Waals surface area contributed by atoms with Gasteiger partial charge in [0.25, 0.3) is 0 Å². The molecule has 0 amide bonds. The van der Waals surface area contributed by atoms with Crippen LogP contribution in [0.2, 0.25) is 19.6 Å². The minimum atomic E-state index is -1.42. The van der Waals surface area contributed by atoms with Crippen molar-refractivity contribution in [2.45, 2.75) is 39.9 Å². The van der Waals surface area contributed by atoms with Gasteiger partial charge in [-0.3, -0.25) is 0 Å². The lowest BCUT2D eigenvalue weighted by Crippen LogP contribution is -2.27. The lowest BCUT2D eigenvalue weighted by Gasteiger charge is -2.16. The third kappa shape index (κ3) is 24.0. The first-order chi connectivity index (χ1) is 11.9. The molecule has 0 saturated carbocycles. The number of ether oxygens (including phenoxy) is 5. The molecule has 6 nitrogen and oxygen atoms in total. The van der Waals surface area contributed by atoms with E-state index in [9.17, 15) is 0 Å². The van der Waals surface area contributed by atoms with Crippen molar-refractivity contribution < 1.29 is 28.1 Å². The summed E-state index contributed by atoms with van der Waals surface area (Å²) in [5.41, 5.74) is 0. The van der Waals surface area contributed by atoms with E-state index in [2.05, 4.69) is 33.5 Å². The Balaban J connectivity index is 3.03. The Kier molecular flexibility index (Phi) is 17.4. The van der Waals surface area contributed by atoms with Crippen molar-refractivity contribution in [1.29, 1.82) is 0 Å². The molecule has 0 rings (SSSR count). The quantitative estimate of drug-likeness (QED) is 0.254. The van der Waals surface area contributed by atoms with Gasteiger partial charge in [-0.2, -0.15) is 0 Å². The SMILES string of the molecule is CC(C)CCOCCOCCOCCOCCOCCO[Si](C)(C)C. The Hall–Kier alpha value is -0.0231. The van der Waals surface area contributed by atoms with E-state index in [1.807, 2.05) is 0 Å². The highest BCUT2D eigenvalue weighted by atomic mass is 28.4. The highest BCUT2D eigenvalue weighted by molar-refractivity contribution is 6.69. The van der Waals surface area contributed by atoms with E-state index in [-0.39, 0.29) is 0 Å². The van der Waals surface area contributed by atoms with Crippen molar-refractivity contribution >= 4 is 8.32 Å². The molecule has 152 valence electrons. The molecule has 0 aromatic carbocycles. The third-order valence-electron chi connectivity index (χ3n) is 3.09. The van der Waals surface area contributed by atoms with Gasteiger partial charge in [-0.25, -0.2) is 0 Å². The molecule has 0 unspecified atom stereocenters. The first kappa shape index (κ1) is 25.0. The molecule has 0 heterocycles. The van der Waals surface area contributed by atoms with Crippen molar-refractivity contribution in [2.24, 2.45) is 5.92 Å². The summed E-state index contributed by atoms with van der Waals surface area (Å²) >= 11 is 0. The maximum absolute atomic E-state index is 5.69. The molecular formula is C18H40O6Si. The molecule has 0 radical (unpaired) electrons. The Morgan fingerprint density at radius 2 is 0.840 bits per heavy atom. The van der Waals surface area contributed by atoms with Gasteiger partial charge >= 0.3 is 0 Å². The zero-order valence-electron chi connectivity index (χ0n) is 17.0. The van der Waals surface area contributed by atoms with E-state index in [0.717, 1.165) is 13.0 Å². The standard InChI is InChI=1S/C18H40O6Si/c1-18(2)6-7-19-8-9-20-10-11-21-12-13-22-14-15-23-16-17-24-25(3,4)5/h18H,6-17H2,1-5H3. The van der Waals surface area contributed by atoms with Crippen molar-refractivity contribution in [2.75, 3.05) is 72.7 Å². The van der Waals surface area contributed by atoms with Crippen molar-refractivity contribution in [3.8, 4) is 0 Å². The molecular weight excluding hydrogens is 340 g/mol. The average Bonchev–Trinajstić information content (AvgIpc) is 2.52. The van der Waals surface area contributed by atoms with Crippen LogP contribution in [-0.2, 0) is 28.1 Å². The lowest BCUT2D eigenvalue weighted by molar-refractivity contribution is -0.0133. The summed E-state index contributed by atoms with van der Waals surface area (Å²) in [5.74, 6) is 0.687. The topological polar surface area (TPSA) is 55.4 Å². The minimum absolute atomic E-state index is 0.576. The van der Waals surface area contributed by atoms with Gasteiger partial charge in [0.05, 0.1) is 66.1 Å². The largest absolute Gasteiger partial charge is 0.415 e. The first-order valence-electron chi connectivity index (χ1n) is 9.44. The first-order valence-corrected chi connectivity index (χ1v) is 12.9. The number of rotatable bonds is 19. The van der Waals surface area contributed by atoms with Gasteiger partial charge in [-0.15, -0.1) is 0 Å². The van der Waals surface area contributed by atoms with E-state index in [1.54, 1.807) is 0 Å². The molecule has 0 aliphatic rings. The van der Waals surface area contributed by atoms with Gasteiger partial charge in [-0.05, 0) is 32.0 Å². The summed E-state index contributed by atoms with van der Waals surface area (Å²) < 4.78 is 32.9. The molecule has 0 aromatic heterocycles. The molecule has 7 heteroatoms. The van der Waals surface area contributed by atoms with Crippen LogP contribution in [0.4, 0.5) is 0 Å².